The Bertz CT molecular complexity index is 335. The minimum atomic E-state index is 0.657. The average molecular weight is 231 g/mol. The van der Waals surface area contributed by atoms with E-state index in [0.717, 1.165) is 0 Å². The van der Waals surface area contributed by atoms with Crippen LogP contribution in [0.2, 0.25) is 0 Å². The molecule has 2 fully saturated rings. The lowest BCUT2D eigenvalue weighted by Crippen LogP contribution is -2.55. The smallest absolute Gasteiger partial charge is 0.0293 e. The van der Waals surface area contributed by atoms with Crippen molar-refractivity contribution in [1.29, 1.82) is 0 Å². The van der Waals surface area contributed by atoms with E-state index in [1.807, 2.05) is 0 Å². The lowest BCUT2D eigenvalue weighted by molar-refractivity contribution is -0.000644. The van der Waals surface area contributed by atoms with E-state index in [4.69, 9.17) is 0 Å². The Morgan fingerprint density at radius 1 is 1.12 bits per heavy atom. The van der Waals surface area contributed by atoms with Crippen LogP contribution in [-0.2, 0) is 0 Å². The first kappa shape index (κ1) is 12.5. The molecule has 0 bridgehead atoms. The van der Waals surface area contributed by atoms with Crippen LogP contribution in [0.15, 0.2) is 36.1 Å². The van der Waals surface area contributed by atoms with Gasteiger partial charge in [-0.25, -0.2) is 0 Å². The van der Waals surface area contributed by atoms with Gasteiger partial charge in [0.15, 0.2) is 0 Å². The summed E-state index contributed by atoms with van der Waals surface area (Å²) in [6.07, 6.45) is 13.6. The third-order valence-electron chi connectivity index (χ3n) is 4.37. The Balaban J connectivity index is 1.82. The fraction of sp³-hybridized carbons (Fsp3) is 0.625. The molecule has 0 N–H and O–H groups in total. The second kappa shape index (κ2) is 5.12. The van der Waals surface area contributed by atoms with Gasteiger partial charge in [-0.15, -0.1) is 0 Å². The molecule has 0 radical (unpaired) electrons. The number of allylic oxidation sites excluding steroid dienone is 4. The van der Waals surface area contributed by atoms with Crippen LogP contribution < -0.4 is 0 Å². The standard InChI is InChI=1S/C16H25N/c1-4-14(2)8-9-15(3)17-12-16(13-17)10-6-5-7-11-16/h4,8-9H,3,5-7,10-13H2,1-2H3/b9-8-,14-4-. The summed E-state index contributed by atoms with van der Waals surface area (Å²) in [4.78, 5) is 2.44. The normalized spacial score (nSPS) is 24.1. The van der Waals surface area contributed by atoms with E-state index in [9.17, 15) is 0 Å². The van der Waals surface area contributed by atoms with E-state index >= 15 is 0 Å². The highest BCUT2D eigenvalue weighted by Crippen LogP contribution is 2.44. The fourth-order valence-electron chi connectivity index (χ4n) is 3.01. The van der Waals surface area contributed by atoms with E-state index in [0.29, 0.717) is 5.41 Å². The van der Waals surface area contributed by atoms with Crippen LogP contribution in [0.4, 0.5) is 0 Å². The molecule has 1 heterocycles. The first-order chi connectivity index (χ1) is 8.15. The predicted octanol–water partition coefficient (Wildman–Crippen LogP) is 4.29. The molecular weight excluding hydrogens is 206 g/mol. The summed E-state index contributed by atoms with van der Waals surface area (Å²) in [7, 11) is 0. The molecule has 17 heavy (non-hydrogen) atoms. The zero-order valence-electron chi connectivity index (χ0n) is 11.3. The molecular formula is C16H25N. The van der Waals surface area contributed by atoms with Crippen molar-refractivity contribution < 1.29 is 0 Å². The van der Waals surface area contributed by atoms with Gasteiger partial charge < -0.3 is 4.90 Å². The van der Waals surface area contributed by atoms with E-state index in [1.165, 1.54) is 56.5 Å². The number of hydrogen-bond donors (Lipinski definition) is 0. The van der Waals surface area contributed by atoms with Gasteiger partial charge in [0, 0.05) is 24.2 Å². The van der Waals surface area contributed by atoms with Gasteiger partial charge >= 0.3 is 0 Å². The van der Waals surface area contributed by atoms with Crippen LogP contribution in [0, 0.1) is 5.41 Å². The van der Waals surface area contributed by atoms with Crippen LogP contribution in [0.3, 0.4) is 0 Å². The van der Waals surface area contributed by atoms with Crippen LogP contribution in [-0.4, -0.2) is 18.0 Å². The van der Waals surface area contributed by atoms with E-state index in [1.54, 1.807) is 0 Å². The first-order valence-electron chi connectivity index (χ1n) is 6.90. The van der Waals surface area contributed by atoms with Crippen molar-refractivity contribution in [1.82, 2.24) is 4.90 Å². The van der Waals surface area contributed by atoms with Gasteiger partial charge in [0.1, 0.15) is 0 Å². The monoisotopic (exact) mass is 231 g/mol. The Labute approximate surface area is 106 Å². The second-order valence-corrected chi connectivity index (χ2v) is 5.77. The molecule has 1 nitrogen and oxygen atoms in total. The summed E-state index contributed by atoms with van der Waals surface area (Å²) in [6, 6.07) is 0. The Morgan fingerprint density at radius 3 is 2.35 bits per heavy atom. The summed E-state index contributed by atoms with van der Waals surface area (Å²) in [5.41, 5.74) is 3.14. The molecule has 1 aliphatic heterocycles. The topological polar surface area (TPSA) is 3.24 Å². The maximum atomic E-state index is 4.17. The highest BCUT2D eigenvalue weighted by molar-refractivity contribution is 5.25. The van der Waals surface area contributed by atoms with Crippen molar-refractivity contribution in [3.8, 4) is 0 Å². The van der Waals surface area contributed by atoms with Crippen molar-refractivity contribution in [3.63, 3.8) is 0 Å². The fourth-order valence-corrected chi connectivity index (χ4v) is 3.01. The highest BCUT2D eigenvalue weighted by atomic mass is 15.2. The van der Waals surface area contributed by atoms with Gasteiger partial charge in [0.2, 0.25) is 0 Å². The molecule has 2 aliphatic rings. The molecule has 0 aromatic rings. The summed E-state index contributed by atoms with van der Waals surface area (Å²) < 4.78 is 0. The molecule has 0 aromatic carbocycles. The van der Waals surface area contributed by atoms with Gasteiger partial charge in [0.25, 0.3) is 0 Å². The average Bonchev–Trinajstić information content (AvgIpc) is 2.33. The predicted molar refractivity (Wildman–Crippen MR) is 74.8 cm³/mol. The van der Waals surface area contributed by atoms with Crippen LogP contribution in [0.1, 0.15) is 46.0 Å². The summed E-state index contributed by atoms with van der Waals surface area (Å²) in [5.74, 6) is 0. The van der Waals surface area contributed by atoms with Crippen LogP contribution in [0.5, 0.6) is 0 Å². The summed E-state index contributed by atoms with van der Waals surface area (Å²) >= 11 is 0. The molecule has 0 atom stereocenters. The molecule has 1 spiro atoms. The number of likely N-dealkylation sites (tertiary alicyclic amines) is 1. The number of nitrogens with zero attached hydrogens (tertiary/aromatic N) is 1. The molecule has 1 saturated carbocycles. The third-order valence-corrected chi connectivity index (χ3v) is 4.37. The van der Waals surface area contributed by atoms with Gasteiger partial charge in [-0.3, -0.25) is 0 Å². The van der Waals surface area contributed by atoms with E-state index in [-0.39, 0.29) is 0 Å². The maximum absolute atomic E-state index is 4.17. The van der Waals surface area contributed by atoms with Crippen molar-refractivity contribution in [3.05, 3.63) is 36.1 Å². The Morgan fingerprint density at radius 2 is 1.76 bits per heavy atom. The van der Waals surface area contributed by atoms with Crippen LogP contribution in [0.25, 0.3) is 0 Å². The molecule has 0 aromatic heterocycles. The van der Waals surface area contributed by atoms with Gasteiger partial charge in [-0.05, 0) is 32.8 Å². The number of rotatable bonds is 3. The minimum absolute atomic E-state index is 0.657. The Hall–Kier alpha value is -0.980. The first-order valence-corrected chi connectivity index (χ1v) is 6.90. The molecule has 0 amide bonds. The van der Waals surface area contributed by atoms with Gasteiger partial charge in [0.05, 0.1) is 0 Å². The third kappa shape index (κ3) is 2.83. The zero-order valence-corrected chi connectivity index (χ0v) is 11.3. The molecule has 0 unspecified atom stereocenters. The maximum Gasteiger partial charge on any atom is 0.0293 e. The van der Waals surface area contributed by atoms with Crippen molar-refractivity contribution in [2.75, 3.05) is 13.1 Å². The molecule has 1 aliphatic carbocycles. The van der Waals surface area contributed by atoms with Crippen LogP contribution >= 0.6 is 0 Å². The van der Waals surface area contributed by atoms with Crippen molar-refractivity contribution >= 4 is 0 Å². The zero-order chi connectivity index (χ0) is 12.3. The quantitative estimate of drug-likeness (QED) is 0.655. The summed E-state index contributed by atoms with van der Waals surface area (Å²) in [6.45, 7) is 10.9. The summed E-state index contributed by atoms with van der Waals surface area (Å²) in [5, 5.41) is 0. The molecule has 94 valence electrons. The second-order valence-electron chi connectivity index (χ2n) is 5.77. The number of hydrogen-bond acceptors (Lipinski definition) is 1. The highest BCUT2D eigenvalue weighted by Gasteiger charge is 2.43. The lowest BCUT2D eigenvalue weighted by atomic mass is 9.68. The SMILES string of the molecule is C=C(/C=C\C(C)=C/C)N1CC2(CCCCC2)C1. The van der Waals surface area contributed by atoms with E-state index < -0.39 is 0 Å². The van der Waals surface area contributed by atoms with Gasteiger partial charge in [-0.1, -0.05) is 43.6 Å². The van der Waals surface area contributed by atoms with Gasteiger partial charge in [-0.2, -0.15) is 0 Å². The lowest BCUT2D eigenvalue weighted by Gasteiger charge is -2.53. The molecule has 2 rings (SSSR count). The van der Waals surface area contributed by atoms with E-state index in [2.05, 4.69) is 43.6 Å². The largest absolute Gasteiger partial charge is 0.371 e. The minimum Gasteiger partial charge on any atom is -0.371 e. The molecule has 1 heteroatoms. The van der Waals surface area contributed by atoms with Crippen molar-refractivity contribution in [2.24, 2.45) is 5.41 Å². The molecule has 1 saturated heterocycles. The Kier molecular flexibility index (Phi) is 3.76. The van der Waals surface area contributed by atoms with Crippen molar-refractivity contribution in [2.45, 2.75) is 46.0 Å².